The smallest absolute Gasteiger partial charge is 0.0420 e. The van der Waals surface area contributed by atoms with Crippen molar-refractivity contribution in [1.82, 2.24) is 0 Å². The minimum Gasteiger partial charge on any atom is -0.0836 e. The van der Waals surface area contributed by atoms with Crippen LogP contribution in [0.5, 0.6) is 0 Å². The van der Waals surface area contributed by atoms with Gasteiger partial charge in [-0.05, 0) is 11.1 Å². The van der Waals surface area contributed by atoms with E-state index in [9.17, 15) is 0 Å². The summed E-state index contributed by atoms with van der Waals surface area (Å²) in [4.78, 5) is 0.440. The van der Waals surface area contributed by atoms with E-state index in [-0.39, 0.29) is 5.41 Å². The summed E-state index contributed by atoms with van der Waals surface area (Å²) >= 11 is 3.69. The molecule has 68 valence electrons. The molecule has 2 rings (SSSR count). The van der Waals surface area contributed by atoms with Gasteiger partial charge in [0.2, 0.25) is 0 Å². The van der Waals surface area contributed by atoms with Crippen molar-refractivity contribution in [3.63, 3.8) is 0 Å². The lowest BCUT2D eigenvalue weighted by molar-refractivity contribution is 0.547. The van der Waals surface area contributed by atoms with Crippen LogP contribution < -0.4 is 0 Å². The Kier molecular flexibility index (Phi) is 2.07. The first-order chi connectivity index (χ1) is 6.12. The molecule has 0 fully saturated rings. The number of fused-ring (bicyclic) bond motifs is 1. The number of hydrogen-bond acceptors (Lipinski definition) is 0. The quantitative estimate of drug-likeness (QED) is 0.603. The summed E-state index contributed by atoms with van der Waals surface area (Å²) in [5.41, 5.74) is 2.98. The molecule has 0 saturated carbocycles. The minimum absolute atomic E-state index is 0.200. The fraction of sp³-hybridized carbons (Fsp3) is 0.333. The van der Waals surface area contributed by atoms with Crippen molar-refractivity contribution < 1.29 is 0 Å². The van der Waals surface area contributed by atoms with E-state index in [1.807, 2.05) is 0 Å². The number of rotatable bonds is 0. The Hall–Kier alpha value is -0.560. The van der Waals surface area contributed by atoms with Crippen molar-refractivity contribution in [2.24, 2.45) is 0 Å². The molecule has 1 atom stereocenters. The van der Waals surface area contributed by atoms with Gasteiger partial charge in [0.05, 0.1) is 0 Å². The third-order valence-corrected chi connectivity index (χ3v) is 4.24. The highest BCUT2D eigenvalue weighted by Gasteiger charge is 2.31. The van der Waals surface area contributed by atoms with E-state index in [0.29, 0.717) is 4.83 Å². The molecule has 0 aromatic heterocycles. The maximum Gasteiger partial charge on any atom is 0.0420 e. The first-order valence-corrected chi connectivity index (χ1v) is 5.46. The Bertz CT molecular complexity index is 350. The normalized spacial score (nSPS) is 24.1. The second-order valence-corrected chi connectivity index (χ2v) is 5.06. The Labute approximate surface area is 87.8 Å². The van der Waals surface area contributed by atoms with E-state index in [2.05, 4.69) is 66.2 Å². The number of hydrogen-bond donors (Lipinski definition) is 0. The van der Waals surface area contributed by atoms with Crippen LogP contribution in [0.1, 0.15) is 25.0 Å². The van der Waals surface area contributed by atoms with E-state index < -0.39 is 0 Å². The Morgan fingerprint density at radius 1 is 1.23 bits per heavy atom. The van der Waals surface area contributed by atoms with Crippen molar-refractivity contribution in [3.05, 3.63) is 41.5 Å². The summed E-state index contributed by atoms with van der Waals surface area (Å²) < 4.78 is 0. The lowest BCUT2D eigenvalue weighted by Crippen LogP contribution is -2.30. The highest BCUT2D eigenvalue weighted by atomic mass is 79.9. The topological polar surface area (TPSA) is 0 Å². The van der Waals surface area contributed by atoms with Crippen LogP contribution in [0.2, 0.25) is 0 Å². The van der Waals surface area contributed by atoms with E-state index in [1.54, 1.807) is 0 Å². The summed E-state index contributed by atoms with van der Waals surface area (Å²) in [5.74, 6) is 0. The van der Waals surface area contributed by atoms with Gasteiger partial charge in [0.25, 0.3) is 0 Å². The number of alkyl halides is 1. The van der Waals surface area contributed by atoms with Crippen LogP contribution in [-0.2, 0) is 5.41 Å². The van der Waals surface area contributed by atoms with E-state index >= 15 is 0 Å². The minimum atomic E-state index is 0.200. The Balaban J connectivity index is 2.61. The summed E-state index contributed by atoms with van der Waals surface area (Å²) in [6, 6.07) is 8.59. The molecule has 13 heavy (non-hydrogen) atoms. The molecule has 1 unspecified atom stereocenters. The van der Waals surface area contributed by atoms with Crippen LogP contribution in [0.25, 0.3) is 6.08 Å². The second-order valence-electron chi connectivity index (χ2n) is 4.07. The molecule has 0 N–H and O–H groups in total. The van der Waals surface area contributed by atoms with Crippen molar-refractivity contribution in [2.45, 2.75) is 24.1 Å². The van der Waals surface area contributed by atoms with Crippen molar-refractivity contribution in [1.29, 1.82) is 0 Å². The molecule has 1 aliphatic rings. The SMILES string of the molecule is CC1(C)c2ccccc2C=CC1Br. The van der Waals surface area contributed by atoms with Crippen molar-refractivity contribution >= 4 is 22.0 Å². The summed E-state index contributed by atoms with van der Waals surface area (Å²) in [6.45, 7) is 4.55. The van der Waals surface area contributed by atoms with Gasteiger partial charge in [-0.15, -0.1) is 0 Å². The van der Waals surface area contributed by atoms with E-state index in [0.717, 1.165) is 0 Å². The lowest BCUT2D eigenvalue weighted by Gasteiger charge is -2.33. The Morgan fingerprint density at radius 2 is 1.92 bits per heavy atom. The highest BCUT2D eigenvalue weighted by Crippen LogP contribution is 2.38. The number of benzene rings is 1. The second kappa shape index (κ2) is 2.98. The summed E-state index contributed by atoms with van der Waals surface area (Å²) in [6.07, 6.45) is 4.42. The molecule has 1 heteroatoms. The van der Waals surface area contributed by atoms with Gasteiger partial charge in [-0.3, -0.25) is 0 Å². The standard InChI is InChI=1S/C12H13Br/c1-12(2)10-6-4-3-5-9(10)7-8-11(12)13/h3-8,11H,1-2H3. The predicted octanol–water partition coefficient (Wildman–Crippen LogP) is 3.75. The van der Waals surface area contributed by atoms with Gasteiger partial charge in [0.1, 0.15) is 0 Å². The van der Waals surface area contributed by atoms with Gasteiger partial charge in [-0.1, -0.05) is 66.2 Å². The average Bonchev–Trinajstić information content (AvgIpc) is 2.13. The van der Waals surface area contributed by atoms with Crippen LogP contribution in [0.15, 0.2) is 30.3 Å². The van der Waals surface area contributed by atoms with Gasteiger partial charge in [0.15, 0.2) is 0 Å². The Morgan fingerprint density at radius 3 is 2.69 bits per heavy atom. The zero-order valence-electron chi connectivity index (χ0n) is 7.92. The molecule has 1 aromatic rings. The van der Waals surface area contributed by atoms with E-state index in [4.69, 9.17) is 0 Å². The van der Waals surface area contributed by atoms with E-state index in [1.165, 1.54) is 11.1 Å². The molecule has 0 spiro atoms. The number of halogens is 1. The van der Waals surface area contributed by atoms with Gasteiger partial charge < -0.3 is 0 Å². The van der Waals surface area contributed by atoms with Gasteiger partial charge >= 0.3 is 0 Å². The molecule has 0 amide bonds. The fourth-order valence-electron chi connectivity index (χ4n) is 1.81. The van der Waals surface area contributed by atoms with Crippen LogP contribution in [-0.4, -0.2) is 4.83 Å². The summed E-state index contributed by atoms with van der Waals surface area (Å²) in [7, 11) is 0. The van der Waals surface area contributed by atoms with Gasteiger partial charge in [-0.25, -0.2) is 0 Å². The van der Waals surface area contributed by atoms with Gasteiger partial charge in [-0.2, -0.15) is 0 Å². The number of allylic oxidation sites excluding steroid dienone is 1. The predicted molar refractivity (Wildman–Crippen MR) is 61.2 cm³/mol. The maximum absolute atomic E-state index is 3.69. The maximum atomic E-state index is 3.69. The third kappa shape index (κ3) is 1.35. The first-order valence-electron chi connectivity index (χ1n) is 4.54. The molecular weight excluding hydrogens is 224 g/mol. The molecule has 1 aliphatic carbocycles. The average molecular weight is 237 g/mol. The van der Waals surface area contributed by atoms with Crippen molar-refractivity contribution in [3.8, 4) is 0 Å². The molecule has 0 saturated heterocycles. The molecule has 0 heterocycles. The molecular formula is C12H13Br. The molecule has 0 aliphatic heterocycles. The zero-order valence-corrected chi connectivity index (χ0v) is 9.51. The zero-order chi connectivity index (χ0) is 9.47. The molecule has 1 aromatic carbocycles. The van der Waals surface area contributed by atoms with Gasteiger partial charge in [0, 0.05) is 10.2 Å². The highest BCUT2D eigenvalue weighted by molar-refractivity contribution is 9.09. The van der Waals surface area contributed by atoms with Crippen LogP contribution in [0, 0.1) is 0 Å². The molecule has 0 nitrogen and oxygen atoms in total. The van der Waals surface area contributed by atoms with Crippen LogP contribution in [0.3, 0.4) is 0 Å². The monoisotopic (exact) mass is 236 g/mol. The summed E-state index contributed by atoms with van der Waals surface area (Å²) in [5, 5.41) is 0. The first kappa shape index (κ1) is 9.01. The molecule has 0 bridgehead atoms. The lowest BCUT2D eigenvalue weighted by atomic mass is 9.76. The van der Waals surface area contributed by atoms with Crippen molar-refractivity contribution in [2.75, 3.05) is 0 Å². The largest absolute Gasteiger partial charge is 0.0836 e. The molecule has 0 radical (unpaired) electrons. The van der Waals surface area contributed by atoms with Crippen LogP contribution in [0.4, 0.5) is 0 Å². The fourth-order valence-corrected chi connectivity index (χ4v) is 2.21. The van der Waals surface area contributed by atoms with Crippen LogP contribution >= 0.6 is 15.9 Å². The third-order valence-electron chi connectivity index (χ3n) is 2.79.